The lowest BCUT2D eigenvalue weighted by Crippen LogP contribution is -2.06. The molecule has 2 N–H and O–H groups in total. The van der Waals surface area contributed by atoms with Crippen molar-refractivity contribution in [3.63, 3.8) is 0 Å². The molecule has 0 aliphatic heterocycles. The van der Waals surface area contributed by atoms with Crippen LogP contribution in [0.15, 0.2) is 18.2 Å². The van der Waals surface area contributed by atoms with Crippen molar-refractivity contribution in [1.29, 1.82) is 0 Å². The van der Waals surface area contributed by atoms with Crippen LogP contribution in [-0.4, -0.2) is 6.61 Å². The van der Waals surface area contributed by atoms with Gasteiger partial charge in [-0.25, -0.2) is 0 Å². The average Bonchev–Trinajstić information content (AvgIpc) is 2.25. The number of hydrogen-bond acceptors (Lipinski definition) is 2. The minimum atomic E-state index is 0.645. The van der Waals surface area contributed by atoms with Gasteiger partial charge in [0.25, 0.3) is 0 Å². The van der Waals surface area contributed by atoms with E-state index in [1.54, 1.807) is 0 Å². The Kier molecular flexibility index (Phi) is 5.33. The maximum absolute atomic E-state index is 5.84. The molecule has 2 heteroatoms. The maximum atomic E-state index is 5.84. The normalized spacial score (nSPS) is 12.7. The van der Waals surface area contributed by atoms with E-state index in [4.69, 9.17) is 10.5 Å². The molecule has 2 nitrogen and oxygen atoms in total. The molecule has 0 saturated heterocycles. The summed E-state index contributed by atoms with van der Waals surface area (Å²) in [7, 11) is 0. The highest BCUT2D eigenvalue weighted by Crippen LogP contribution is 2.16. The van der Waals surface area contributed by atoms with Crippen molar-refractivity contribution < 1.29 is 4.74 Å². The van der Waals surface area contributed by atoms with Crippen LogP contribution in [0.4, 0.5) is 5.69 Å². The Bertz CT molecular complexity index is 323. The zero-order valence-electron chi connectivity index (χ0n) is 10.6. The minimum Gasteiger partial charge on any atom is -0.399 e. The fourth-order valence-corrected chi connectivity index (χ4v) is 1.81. The number of nitrogens with two attached hydrogens (primary N) is 1. The molecule has 90 valence electrons. The Morgan fingerprint density at radius 3 is 2.81 bits per heavy atom. The molecule has 1 aromatic rings. The molecule has 1 unspecified atom stereocenters. The lowest BCUT2D eigenvalue weighted by Gasteiger charge is -2.12. The van der Waals surface area contributed by atoms with Gasteiger partial charge in [-0.15, -0.1) is 0 Å². The van der Waals surface area contributed by atoms with Gasteiger partial charge >= 0.3 is 0 Å². The summed E-state index contributed by atoms with van der Waals surface area (Å²) in [6.07, 6.45) is 2.46. The topological polar surface area (TPSA) is 35.2 Å². The molecule has 1 atom stereocenters. The van der Waals surface area contributed by atoms with Gasteiger partial charge in [-0.2, -0.15) is 0 Å². The summed E-state index contributed by atoms with van der Waals surface area (Å²) in [5.74, 6) is 0.645. The predicted molar refractivity (Wildman–Crippen MR) is 69.3 cm³/mol. The van der Waals surface area contributed by atoms with Crippen LogP contribution in [0.5, 0.6) is 0 Å². The molecule has 0 aliphatic rings. The summed E-state index contributed by atoms with van der Waals surface area (Å²) >= 11 is 0. The Hall–Kier alpha value is -1.02. The van der Waals surface area contributed by atoms with E-state index in [1.807, 2.05) is 19.1 Å². The van der Waals surface area contributed by atoms with E-state index in [1.165, 1.54) is 18.4 Å². The Morgan fingerprint density at radius 2 is 2.12 bits per heavy atom. The fourth-order valence-electron chi connectivity index (χ4n) is 1.81. The number of hydrogen-bond donors (Lipinski definition) is 1. The van der Waals surface area contributed by atoms with Crippen LogP contribution in [0, 0.1) is 12.8 Å². The van der Waals surface area contributed by atoms with Crippen molar-refractivity contribution in [1.82, 2.24) is 0 Å². The fraction of sp³-hybridized carbons (Fsp3) is 0.571. The molecule has 0 heterocycles. The maximum Gasteiger partial charge on any atom is 0.0720 e. The van der Waals surface area contributed by atoms with Crippen LogP contribution >= 0.6 is 0 Å². The third-order valence-electron chi connectivity index (χ3n) is 2.93. The first-order chi connectivity index (χ1) is 7.65. The molecule has 0 spiro atoms. The number of nitrogen functional groups attached to an aromatic ring is 1. The molecule has 0 radical (unpaired) electrons. The van der Waals surface area contributed by atoms with Crippen molar-refractivity contribution in [2.24, 2.45) is 5.92 Å². The van der Waals surface area contributed by atoms with Gasteiger partial charge in [0.15, 0.2) is 0 Å². The van der Waals surface area contributed by atoms with Crippen LogP contribution in [0.3, 0.4) is 0 Å². The standard InChI is InChI=1S/C14H23NO/c1-4-6-11(2)9-16-10-13-7-5-8-14(15)12(13)3/h5,7-8,11H,4,6,9-10,15H2,1-3H3. The van der Waals surface area contributed by atoms with E-state index >= 15 is 0 Å². The molecule has 0 fully saturated rings. The molecule has 0 saturated carbocycles. The summed E-state index contributed by atoms with van der Waals surface area (Å²) in [6.45, 7) is 7.99. The Morgan fingerprint density at radius 1 is 1.38 bits per heavy atom. The van der Waals surface area contributed by atoms with Crippen LogP contribution in [0.25, 0.3) is 0 Å². The van der Waals surface area contributed by atoms with E-state index in [9.17, 15) is 0 Å². The van der Waals surface area contributed by atoms with Gasteiger partial charge in [-0.05, 0) is 36.5 Å². The summed E-state index contributed by atoms with van der Waals surface area (Å²) in [5, 5.41) is 0. The monoisotopic (exact) mass is 221 g/mol. The van der Waals surface area contributed by atoms with Gasteiger partial charge in [0.1, 0.15) is 0 Å². The second kappa shape index (κ2) is 6.54. The van der Waals surface area contributed by atoms with Crippen LogP contribution < -0.4 is 5.73 Å². The zero-order chi connectivity index (χ0) is 12.0. The second-order valence-electron chi connectivity index (χ2n) is 4.54. The van der Waals surface area contributed by atoms with Crippen LogP contribution in [0.2, 0.25) is 0 Å². The molecule has 0 bridgehead atoms. The van der Waals surface area contributed by atoms with Gasteiger partial charge in [-0.1, -0.05) is 32.4 Å². The van der Waals surface area contributed by atoms with Crippen molar-refractivity contribution in [3.8, 4) is 0 Å². The number of anilines is 1. The zero-order valence-corrected chi connectivity index (χ0v) is 10.6. The first-order valence-electron chi connectivity index (χ1n) is 6.06. The predicted octanol–water partition coefficient (Wildman–Crippen LogP) is 3.53. The smallest absolute Gasteiger partial charge is 0.0720 e. The summed E-state index contributed by atoms with van der Waals surface area (Å²) < 4.78 is 5.71. The molecular weight excluding hydrogens is 198 g/mol. The highest BCUT2D eigenvalue weighted by Gasteiger charge is 2.03. The van der Waals surface area contributed by atoms with Gasteiger partial charge in [0, 0.05) is 12.3 Å². The average molecular weight is 221 g/mol. The van der Waals surface area contributed by atoms with Crippen molar-refractivity contribution in [3.05, 3.63) is 29.3 Å². The van der Waals surface area contributed by atoms with Gasteiger partial charge < -0.3 is 10.5 Å². The third-order valence-corrected chi connectivity index (χ3v) is 2.93. The molecule has 0 aliphatic carbocycles. The van der Waals surface area contributed by atoms with Gasteiger partial charge in [0.2, 0.25) is 0 Å². The molecule has 0 aromatic heterocycles. The van der Waals surface area contributed by atoms with Crippen molar-refractivity contribution >= 4 is 5.69 Å². The minimum absolute atomic E-state index is 0.645. The van der Waals surface area contributed by atoms with E-state index in [2.05, 4.69) is 19.9 Å². The quantitative estimate of drug-likeness (QED) is 0.746. The lowest BCUT2D eigenvalue weighted by atomic mass is 10.1. The molecule has 16 heavy (non-hydrogen) atoms. The number of ether oxygens (including phenoxy) is 1. The highest BCUT2D eigenvalue weighted by atomic mass is 16.5. The molecule has 0 amide bonds. The van der Waals surface area contributed by atoms with Gasteiger partial charge in [0.05, 0.1) is 6.61 Å². The second-order valence-corrected chi connectivity index (χ2v) is 4.54. The molecule has 1 rings (SSSR count). The Labute approximate surface area is 98.8 Å². The highest BCUT2D eigenvalue weighted by molar-refractivity contribution is 5.49. The van der Waals surface area contributed by atoms with Crippen LogP contribution in [-0.2, 0) is 11.3 Å². The summed E-state index contributed by atoms with van der Waals surface area (Å²) in [5.41, 5.74) is 9.04. The summed E-state index contributed by atoms with van der Waals surface area (Å²) in [4.78, 5) is 0. The first kappa shape index (κ1) is 13.0. The van der Waals surface area contributed by atoms with E-state index in [0.29, 0.717) is 12.5 Å². The van der Waals surface area contributed by atoms with E-state index in [-0.39, 0.29) is 0 Å². The number of benzene rings is 1. The SMILES string of the molecule is CCCC(C)COCc1cccc(N)c1C. The van der Waals surface area contributed by atoms with Crippen molar-refractivity contribution in [2.75, 3.05) is 12.3 Å². The summed E-state index contributed by atoms with van der Waals surface area (Å²) in [6, 6.07) is 5.99. The molecular formula is C14H23NO. The van der Waals surface area contributed by atoms with Gasteiger partial charge in [-0.3, -0.25) is 0 Å². The Balaban J connectivity index is 2.40. The van der Waals surface area contributed by atoms with Crippen LogP contribution in [0.1, 0.15) is 37.8 Å². The van der Waals surface area contributed by atoms with Crippen molar-refractivity contribution in [2.45, 2.75) is 40.2 Å². The molecule has 1 aromatic carbocycles. The lowest BCUT2D eigenvalue weighted by molar-refractivity contribution is 0.0891. The van der Waals surface area contributed by atoms with E-state index < -0.39 is 0 Å². The number of rotatable bonds is 6. The first-order valence-corrected chi connectivity index (χ1v) is 6.06. The third kappa shape index (κ3) is 3.86. The largest absolute Gasteiger partial charge is 0.399 e. The van der Waals surface area contributed by atoms with E-state index in [0.717, 1.165) is 17.9 Å².